The largest absolute Gasteiger partial charge is 0.497 e. The molecule has 1 unspecified atom stereocenters. The summed E-state index contributed by atoms with van der Waals surface area (Å²) in [7, 11) is 1.56. The highest BCUT2D eigenvalue weighted by atomic mass is 16.5. The predicted octanol–water partition coefficient (Wildman–Crippen LogP) is 3.26. The molecule has 5 rings (SSSR count). The number of methoxy groups -OCH3 is 1. The summed E-state index contributed by atoms with van der Waals surface area (Å²) in [5, 5.41) is 17.4. The maximum absolute atomic E-state index is 13.1. The minimum Gasteiger partial charge on any atom is -0.497 e. The van der Waals surface area contributed by atoms with Gasteiger partial charge in [-0.3, -0.25) is 10.1 Å². The van der Waals surface area contributed by atoms with E-state index in [0.717, 1.165) is 28.5 Å². The van der Waals surface area contributed by atoms with Gasteiger partial charge in [0, 0.05) is 17.0 Å². The van der Waals surface area contributed by atoms with E-state index in [2.05, 4.69) is 16.7 Å². The van der Waals surface area contributed by atoms with Crippen LogP contribution in [0.4, 0.5) is 4.79 Å². The van der Waals surface area contributed by atoms with Crippen molar-refractivity contribution in [2.45, 2.75) is 18.5 Å². The van der Waals surface area contributed by atoms with Crippen molar-refractivity contribution in [1.82, 2.24) is 15.2 Å². The van der Waals surface area contributed by atoms with E-state index < -0.39 is 17.5 Å². The van der Waals surface area contributed by atoms with Crippen LogP contribution in [0.3, 0.4) is 0 Å². The first-order valence-corrected chi connectivity index (χ1v) is 11.3. The van der Waals surface area contributed by atoms with Gasteiger partial charge in [0.05, 0.1) is 13.7 Å². The molecule has 1 fully saturated rings. The van der Waals surface area contributed by atoms with Gasteiger partial charge in [-0.2, -0.15) is 0 Å². The Labute approximate surface area is 202 Å². The molecule has 1 aliphatic rings. The number of hydrogen-bond donors (Lipinski definition) is 4. The SMILES string of the molecule is COc1ccc2cn(CC3(c4ccc(-c5ccccc5CCN)cc4)NC(=O)NC3=O)c(O)c2c1. The van der Waals surface area contributed by atoms with Crippen LogP contribution in [0, 0.1) is 0 Å². The van der Waals surface area contributed by atoms with Gasteiger partial charge < -0.3 is 25.5 Å². The van der Waals surface area contributed by atoms with Gasteiger partial charge in [-0.15, -0.1) is 0 Å². The number of carbonyl (C=O) groups excluding carboxylic acids is 2. The zero-order chi connectivity index (χ0) is 24.6. The van der Waals surface area contributed by atoms with Gasteiger partial charge in [-0.1, -0.05) is 48.5 Å². The van der Waals surface area contributed by atoms with Crippen molar-refractivity contribution in [2.24, 2.45) is 5.73 Å². The van der Waals surface area contributed by atoms with Crippen LogP contribution in [0.25, 0.3) is 21.9 Å². The number of amides is 3. The molecule has 1 aromatic heterocycles. The number of aromatic nitrogens is 1. The Morgan fingerprint density at radius 3 is 2.51 bits per heavy atom. The molecule has 3 amide bonds. The Morgan fingerprint density at radius 2 is 1.83 bits per heavy atom. The molecule has 8 heteroatoms. The Morgan fingerprint density at radius 1 is 1.06 bits per heavy atom. The fourth-order valence-corrected chi connectivity index (χ4v) is 4.74. The molecule has 1 aliphatic heterocycles. The number of fused-ring (bicyclic) bond motifs is 1. The number of nitrogens with one attached hydrogen (secondary N) is 2. The van der Waals surface area contributed by atoms with Crippen LogP contribution < -0.4 is 21.1 Å². The molecule has 1 atom stereocenters. The number of ether oxygens (including phenoxy) is 1. The topological polar surface area (TPSA) is 119 Å². The molecule has 3 aromatic carbocycles. The van der Waals surface area contributed by atoms with Gasteiger partial charge in [0.1, 0.15) is 5.75 Å². The molecule has 0 spiro atoms. The predicted molar refractivity (Wildman–Crippen MR) is 133 cm³/mol. The van der Waals surface area contributed by atoms with E-state index in [0.29, 0.717) is 23.2 Å². The highest BCUT2D eigenvalue weighted by Gasteiger charge is 2.48. The minimum atomic E-state index is -1.39. The number of aromatic hydroxyl groups is 1. The lowest BCUT2D eigenvalue weighted by Gasteiger charge is -2.27. The second kappa shape index (κ2) is 8.81. The van der Waals surface area contributed by atoms with Gasteiger partial charge in [0.15, 0.2) is 11.4 Å². The lowest BCUT2D eigenvalue weighted by Crippen LogP contribution is -2.47. The highest BCUT2D eigenvalue weighted by Crippen LogP contribution is 2.35. The Hall–Kier alpha value is -4.30. The lowest BCUT2D eigenvalue weighted by atomic mass is 9.87. The Kier molecular flexibility index (Phi) is 5.66. The van der Waals surface area contributed by atoms with E-state index in [1.807, 2.05) is 48.5 Å². The number of carbonyl (C=O) groups is 2. The molecule has 5 N–H and O–H groups in total. The standard InChI is InChI=1S/C27H26N4O4/c1-35-21-11-8-19-15-31(24(32)23(19)14-21)16-27(25(33)29-26(34)30-27)20-9-6-18(7-10-20)22-5-3-2-4-17(22)12-13-28/h2-11,14-15,32H,12-13,16,28H2,1H3,(H2,29,30,33,34). The van der Waals surface area contributed by atoms with E-state index >= 15 is 0 Å². The maximum Gasteiger partial charge on any atom is 0.322 e. The zero-order valence-corrected chi connectivity index (χ0v) is 19.2. The number of nitrogens with zero attached hydrogens (tertiary/aromatic N) is 1. The van der Waals surface area contributed by atoms with Crippen molar-refractivity contribution in [2.75, 3.05) is 13.7 Å². The van der Waals surface area contributed by atoms with Crippen LogP contribution in [0.1, 0.15) is 11.1 Å². The number of rotatable bonds is 7. The van der Waals surface area contributed by atoms with Gasteiger partial charge in [-0.25, -0.2) is 4.79 Å². The molecule has 1 saturated heterocycles. The molecular weight excluding hydrogens is 444 g/mol. The number of benzene rings is 3. The van der Waals surface area contributed by atoms with E-state index in [-0.39, 0.29) is 12.4 Å². The summed E-state index contributed by atoms with van der Waals surface area (Å²) >= 11 is 0. The fourth-order valence-electron chi connectivity index (χ4n) is 4.74. The van der Waals surface area contributed by atoms with E-state index in [1.165, 1.54) is 0 Å². The van der Waals surface area contributed by atoms with Crippen molar-refractivity contribution in [1.29, 1.82) is 0 Å². The van der Waals surface area contributed by atoms with Crippen LogP contribution in [0.5, 0.6) is 11.6 Å². The summed E-state index contributed by atoms with van der Waals surface area (Å²) in [6, 6.07) is 20.4. The third-order valence-electron chi connectivity index (χ3n) is 6.54. The van der Waals surface area contributed by atoms with Crippen molar-refractivity contribution in [3.8, 4) is 22.8 Å². The maximum atomic E-state index is 13.1. The molecule has 8 nitrogen and oxygen atoms in total. The van der Waals surface area contributed by atoms with Crippen LogP contribution in [0.2, 0.25) is 0 Å². The number of hydrogen-bond acceptors (Lipinski definition) is 5. The third-order valence-corrected chi connectivity index (χ3v) is 6.54. The zero-order valence-electron chi connectivity index (χ0n) is 19.2. The van der Waals surface area contributed by atoms with Crippen LogP contribution in [-0.2, 0) is 23.3 Å². The number of imide groups is 1. The normalized spacial score (nSPS) is 17.4. The summed E-state index contributed by atoms with van der Waals surface area (Å²) in [5.41, 5.74) is 8.20. The van der Waals surface area contributed by atoms with Crippen molar-refractivity contribution < 1.29 is 19.4 Å². The molecule has 35 heavy (non-hydrogen) atoms. The molecular formula is C27H26N4O4. The highest BCUT2D eigenvalue weighted by molar-refractivity contribution is 6.07. The minimum absolute atomic E-state index is 0.0104. The molecule has 0 radical (unpaired) electrons. The molecule has 178 valence electrons. The quantitative estimate of drug-likeness (QED) is 0.309. The first-order valence-electron chi connectivity index (χ1n) is 11.3. The summed E-state index contributed by atoms with van der Waals surface area (Å²) in [6.45, 7) is 0.557. The summed E-state index contributed by atoms with van der Waals surface area (Å²) in [6.07, 6.45) is 2.51. The van der Waals surface area contributed by atoms with E-state index in [9.17, 15) is 14.7 Å². The summed E-state index contributed by atoms with van der Waals surface area (Å²) < 4.78 is 6.83. The van der Waals surface area contributed by atoms with Crippen molar-refractivity contribution >= 4 is 22.7 Å². The van der Waals surface area contributed by atoms with Crippen LogP contribution in [0.15, 0.2) is 72.9 Å². The van der Waals surface area contributed by atoms with Gasteiger partial charge >= 0.3 is 6.03 Å². The first kappa shape index (κ1) is 22.5. The number of urea groups is 1. The van der Waals surface area contributed by atoms with Gasteiger partial charge in [0.2, 0.25) is 0 Å². The fraction of sp³-hybridized carbons (Fsp3) is 0.185. The van der Waals surface area contributed by atoms with Crippen LogP contribution in [-0.4, -0.2) is 35.3 Å². The molecule has 0 aliphatic carbocycles. The van der Waals surface area contributed by atoms with Crippen molar-refractivity contribution in [3.05, 3.63) is 84.1 Å². The Bertz CT molecular complexity index is 1430. The lowest BCUT2D eigenvalue weighted by molar-refractivity contribution is -0.124. The second-order valence-electron chi connectivity index (χ2n) is 8.62. The average Bonchev–Trinajstić information content (AvgIpc) is 3.34. The third kappa shape index (κ3) is 3.87. The van der Waals surface area contributed by atoms with E-state index in [1.54, 1.807) is 30.0 Å². The van der Waals surface area contributed by atoms with Gasteiger partial charge in [-0.05, 0) is 53.4 Å². The van der Waals surface area contributed by atoms with Crippen molar-refractivity contribution in [3.63, 3.8) is 0 Å². The van der Waals surface area contributed by atoms with Crippen LogP contribution >= 0.6 is 0 Å². The monoisotopic (exact) mass is 470 g/mol. The average molecular weight is 471 g/mol. The molecule has 2 heterocycles. The molecule has 0 saturated carbocycles. The number of nitrogens with two attached hydrogens (primary N) is 1. The van der Waals surface area contributed by atoms with Gasteiger partial charge in [0.25, 0.3) is 5.91 Å². The summed E-state index contributed by atoms with van der Waals surface area (Å²) in [5.74, 6) is 0.116. The van der Waals surface area contributed by atoms with E-state index in [4.69, 9.17) is 10.5 Å². The summed E-state index contributed by atoms with van der Waals surface area (Å²) in [4.78, 5) is 25.3. The molecule has 4 aromatic rings. The second-order valence-corrected chi connectivity index (χ2v) is 8.62. The molecule has 0 bridgehead atoms. The Balaban J connectivity index is 1.55. The first-order chi connectivity index (χ1) is 16.9. The smallest absolute Gasteiger partial charge is 0.322 e.